The van der Waals surface area contributed by atoms with Crippen LogP contribution in [-0.4, -0.2) is 30.7 Å². The lowest BCUT2D eigenvalue weighted by atomic mass is 10.5. The first-order valence-corrected chi connectivity index (χ1v) is 4.70. The van der Waals surface area contributed by atoms with Crippen LogP contribution < -0.4 is 6.15 Å². The molecule has 0 aliphatic carbocycles. The molecule has 0 radical (unpaired) electrons. The minimum Gasteiger partial charge on any atom is -0.377 e. The standard InChI is InChI=1S/C6H12O.H3N.H2O4S/c1-3-5-7-6-4-2;;1-5(2,3)4/h3H,1,4-6H2,2H3;1H3;(H2,1,2,3,4). The Labute approximate surface area is 78.8 Å². The highest BCUT2D eigenvalue weighted by atomic mass is 32.3. The Bertz CT molecular complexity index is 181. The number of rotatable bonds is 4. The molecule has 0 heterocycles. The Balaban J connectivity index is -0.000000150. The minimum absolute atomic E-state index is 0. The third kappa shape index (κ3) is 84.0. The average Bonchev–Trinajstić information content (AvgIpc) is 1.85. The van der Waals surface area contributed by atoms with Crippen molar-refractivity contribution in [2.45, 2.75) is 13.3 Å². The summed E-state index contributed by atoms with van der Waals surface area (Å²) in [6, 6.07) is 0. The average molecular weight is 215 g/mol. The molecular weight excluding hydrogens is 198 g/mol. The maximum absolute atomic E-state index is 8.74. The van der Waals surface area contributed by atoms with Crippen LogP contribution in [0.25, 0.3) is 0 Å². The molecule has 82 valence electrons. The molecule has 0 saturated heterocycles. The Kier molecular flexibility index (Phi) is 16.3. The molecule has 0 aliphatic rings. The largest absolute Gasteiger partial charge is 0.394 e. The van der Waals surface area contributed by atoms with E-state index in [4.69, 9.17) is 22.3 Å². The fraction of sp³-hybridized carbons (Fsp3) is 0.667. The van der Waals surface area contributed by atoms with E-state index in [1.165, 1.54) is 0 Å². The van der Waals surface area contributed by atoms with E-state index in [1.807, 2.05) is 0 Å². The highest BCUT2D eigenvalue weighted by Crippen LogP contribution is 1.77. The second-order valence-corrected chi connectivity index (χ2v) is 2.71. The van der Waals surface area contributed by atoms with Gasteiger partial charge in [-0.25, -0.2) is 0 Å². The number of hydrogen-bond donors (Lipinski definition) is 3. The molecule has 0 atom stereocenters. The molecule has 0 aromatic heterocycles. The van der Waals surface area contributed by atoms with Crippen molar-refractivity contribution in [1.82, 2.24) is 6.15 Å². The fourth-order valence-corrected chi connectivity index (χ4v) is 0.311. The zero-order valence-corrected chi connectivity index (χ0v) is 8.46. The van der Waals surface area contributed by atoms with E-state index in [-0.39, 0.29) is 6.15 Å². The van der Waals surface area contributed by atoms with Crippen LogP contribution in [0.4, 0.5) is 0 Å². The molecule has 5 N–H and O–H groups in total. The van der Waals surface area contributed by atoms with Crippen LogP contribution in [0.1, 0.15) is 13.3 Å². The van der Waals surface area contributed by atoms with Gasteiger partial charge in [0.1, 0.15) is 0 Å². The number of ether oxygens (including phenoxy) is 1. The first-order chi connectivity index (χ1) is 5.41. The van der Waals surface area contributed by atoms with Gasteiger partial charge in [0.05, 0.1) is 6.61 Å². The molecule has 0 aromatic rings. The van der Waals surface area contributed by atoms with Gasteiger partial charge in [-0.15, -0.1) is 6.58 Å². The maximum Gasteiger partial charge on any atom is 0.394 e. The second-order valence-electron chi connectivity index (χ2n) is 1.81. The molecule has 6 nitrogen and oxygen atoms in total. The van der Waals surface area contributed by atoms with Crippen LogP contribution in [0.5, 0.6) is 0 Å². The Morgan fingerprint density at radius 3 is 2.08 bits per heavy atom. The van der Waals surface area contributed by atoms with Gasteiger partial charge in [-0.2, -0.15) is 8.42 Å². The number of hydrogen-bond acceptors (Lipinski definition) is 4. The Morgan fingerprint density at radius 1 is 1.46 bits per heavy atom. The molecule has 0 aliphatic heterocycles. The van der Waals surface area contributed by atoms with Crippen molar-refractivity contribution in [2.75, 3.05) is 13.2 Å². The van der Waals surface area contributed by atoms with Gasteiger partial charge in [0.15, 0.2) is 0 Å². The third-order valence-corrected chi connectivity index (χ3v) is 0.584. The second kappa shape index (κ2) is 11.5. The summed E-state index contributed by atoms with van der Waals surface area (Å²) in [7, 11) is -4.67. The lowest BCUT2D eigenvalue weighted by molar-refractivity contribution is 0.163. The van der Waals surface area contributed by atoms with Crippen LogP contribution >= 0.6 is 0 Å². The SMILES string of the molecule is C=CCOCCC.N.O=S(=O)(O)O. The van der Waals surface area contributed by atoms with Gasteiger partial charge in [-0.1, -0.05) is 13.0 Å². The van der Waals surface area contributed by atoms with Gasteiger partial charge in [-0.05, 0) is 6.42 Å². The monoisotopic (exact) mass is 215 g/mol. The summed E-state index contributed by atoms with van der Waals surface area (Å²) in [6.45, 7) is 7.14. The van der Waals surface area contributed by atoms with Crippen molar-refractivity contribution < 1.29 is 22.3 Å². The van der Waals surface area contributed by atoms with Crippen LogP contribution in [0, 0.1) is 0 Å². The highest BCUT2D eigenvalue weighted by molar-refractivity contribution is 7.79. The van der Waals surface area contributed by atoms with Crippen molar-refractivity contribution in [3.05, 3.63) is 12.7 Å². The fourth-order valence-electron chi connectivity index (χ4n) is 0.311. The third-order valence-electron chi connectivity index (χ3n) is 0.584. The molecule has 0 spiro atoms. The predicted molar refractivity (Wildman–Crippen MR) is 50.5 cm³/mol. The lowest BCUT2D eigenvalue weighted by Gasteiger charge is -1.92. The molecule has 7 heteroatoms. The van der Waals surface area contributed by atoms with Gasteiger partial charge in [0, 0.05) is 6.61 Å². The van der Waals surface area contributed by atoms with Crippen molar-refractivity contribution in [3.63, 3.8) is 0 Å². The van der Waals surface area contributed by atoms with E-state index in [2.05, 4.69) is 13.5 Å². The molecule has 0 fully saturated rings. The summed E-state index contributed by atoms with van der Waals surface area (Å²) in [5.74, 6) is 0. The maximum atomic E-state index is 8.74. The Hall–Kier alpha value is -0.470. The molecule has 0 bridgehead atoms. The molecule has 0 saturated carbocycles. The van der Waals surface area contributed by atoms with E-state index < -0.39 is 10.4 Å². The normalized spacial score (nSPS) is 9.15. The summed E-state index contributed by atoms with van der Waals surface area (Å²) < 4.78 is 36.6. The van der Waals surface area contributed by atoms with Crippen molar-refractivity contribution in [2.24, 2.45) is 0 Å². The molecular formula is C6H17NO5S. The molecule has 13 heavy (non-hydrogen) atoms. The highest BCUT2D eigenvalue weighted by Gasteiger charge is 1.84. The quantitative estimate of drug-likeness (QED) is 0.367. The smallest absolute Gasteiger partial charge is 0.377 e. The summed E-state index contributed by atoms with van der Waals surface area (Å²) in [6.07, 6.45) is 2.85. The van der Waals surface area contributed by atoms with Crippen molar-refractivity contribution >= 4 is 10.4 Å². The van der Waals surface area contributed by atoms with Crippen molar-refractivity contribution in [1.29, 1.82) is 0 Å². The lowest BCUT2D eigenvalue weighted by Crippen LogP contribution is -1.90. The first-order valence-electron chi connectivity index (χ1n) is 3.30. The topological polar surface area (TPSA) is 119 Å². The zero-order valence-electron chi connectivity index (χ0n) is 7.64. The predicted octanol–water partition coefficient (Wildman–Crippen LogP) is 1.11. The summed E-state index contributed by atoms with van der Waals surface area (Å²) in [4.78, 5) is 0. The van der Waals surface area contributed by atoms with Crippen LogP contribution in [0.2, 0.25) is 0 Å². The molecule has 0 unspecified atom stereocenters. The molecule has 0 rings (SSSR count). The van der Waals surface area contributed by atoms with Gasteiger partial charge in [-0.3, -0.25) is 9.11 Å². The zero-order chi connectivity index (χ0) is 10.0. The molecule has 0 aromatic carbocycles. The van der Waals surface area contributed by atoms with Gasteiger partial charge in [0.2, 0.25) is 0 Å². The Morgan fingerprint density at radius 2 is 1.85 bits per heavy atom. The van der Waals surface area contributed by atoms with Gasteiger partial charge in [0.25, 0.3) is 0 Å². The molecule has 0 amide bonds. The summed E-state index contributed by atoms with van der Waals surface area (Å²) in [5, 5.41) is 0. The van der Waals surface area contributed by atoms with Gasteiger partial charge < -0.3 is 10.9 Å². The summed E-state index contributed by atoms with van der Waals surface area (Å²) >= 11 is 0. The van der Waals surface area contributed by atoms with Gasteiger partial charge >= 0.3 is 10.4 Å². The van der Waals surface area contributed by atoms with E-state index in [0.717, 1.165) is 13.0 Å². The van der Waals surface area contributed by atoms with E-state index in [0.29, 0.717) is 6.61 Å². The minimum atomic E-state index is -4.67. The summed E-state index contributed by atoms with van der Waals surface area (Å²) in [5.41, 5.74) is 0. The first kappa shape index (κ1) is 18.3. The van der Waals surface area contributed by atoms with Crippen LogP contribution in [0.15, 0.2) is 12.7 Å². The van der Waals surface area contributed by atoms with E-state index in [9.17, 15) is 0 Å². The van der Waals surface area contributed by atoms with Crippen LogP contribution in [-0.2, 0) is 15.1 Å². The van der Waals surface area contributed by atoms with E-state index in [1.54, 1.807) is 6.08 Å². The van der Waals surface area contributed by atoms with Crippen LogP contribution in [0.3, 0.4) is 0 Å². The van der Waals surface area contributed by atoms with Crippen molar-refractivity contribution in [3.8, 4) is 0 Å². The van der Waals surface area contributed by atoms with E-state index >= 15 is 0 Å².